The van der Waals surface area contributed by atoms with E-state index in [9.17, 15) is 14.4 Å². The van der Waals surface area contributed by atoms with Crippen LogP contribution in [0.2, 0.25) is 0 Å². The van der Waals surface area contributed by atoms with Crippen LogP contribution in [0.25, 0.3) is 6.08 Å². The monoisotopic (exact) mass is 294 g/mol. The molecule has 1 aliphatic rings. The molecule has 1 atom stereocenters. The topological polar surface area (TPSA) is 86.7 Å². The van der Waals surface area contributed by atoms with Gasteiger partial charge in [0.1, 0.15) is 12.6 Å². The van der Waals surface area contributed by atoms with Crippen molar-refractivity contribution in [3.63, 3.8) is 0 Å². The lowest BCUT2D eigenvalue weighted by Crippen LogP contribution is -2.59. The number of carbonyl (C=O) groups is 3. The lowest BCUT2D eigenvalue weighted by atomic mass is 10.2. The summed E-state index contributed by atoms with van der Waals surface area (Å²) in [5, 5.41) is 11.5. The number of hydrogen-bond acceptors (Lipinski definition) is 4. The van der Waals surface area contributed by atoms with E-state index in [0.717, 1.165) is 14.7 Å². The van der Waals surface area contributed by atoms with Crippen LogP contribution in [0.5, 0.6) is 0 Å². The Balaban J connectivity index is 2.11. The molecule has 2 rings (SSSR count). The average Bonchev–Trinajstić information content (AvgIpc) is 2.81. The molecule has 1 saturated heterocycles. The number of piperazine rings is 1. The summed E-state index contributed by atoms with van der Waals surface area (Å²) >= 11 is 1.53. The highest BCUT2D eigenvalue weighted by Gasteiger charge is 2.34. The molecule has 0 radical (unpaired) electrons. The first-order valence-corrected chi connectivity index (χ1v) is 6.83. The van der Waals surface area contributed by atoms with Crippen LogP contribution in [-0.4, -0.2) is 46.9 Å². The van der Waals surface area contributed by atoms with Crippen LogP contribution >= 0.6 is 11.3 Å². The van der Waals surface area contributed by atoms with Gasteiger partial charge in [-0.1, -0.05) is 0 Å². The minimum absolute atomic E-state index is 0.0636. The van der Waals surface area contributed by atoms with Crippen LogP contribution in [0.15, 0.2) is 18.2 Å². The maximum Gasteiger partial charge on any atom is 0.328 e. The smallest absolute Gasteiger partial charge is 0.328 e. The number of aliphatic carboxylic acids is 1. The van der Waals surface area contributed by atoms with E-state index in [1.807, 2.05) is 19.1 Å². The molecule has 2 heterocycles. The first-order valence-electron chi connectivity index (χ1n) is 6.02. The molecule has 7 heteroatoms. The second kappa shape index (κ2) is 5.87. The van der Waals surface area contributed by atoms with Gasteiger partial charge in [0.2, 0.25) is 11.8 Å². The highest BCUT2D eigenvalue weighted by Crippen LogP contribution is 2.17. The summed E-state index contributed by atoms with van der Waals surface area (Å²) in [4.78, 5) is 37.5. The van der Waals surface area contributed by atoms with Gasteiger partial charge in [-0.25, -0.2) is 4.79 Å². The zero-order valence-corrected chi connectivity index (χ0v) is 11.6. The molecule has 106 valence electrons. The van der Waals surface area contributed by atoms with Gasteiger partial charge in [-0.2, -0.15) is 0 Å². The summed E-state index contributed by atoms with van der Waals surface area (Å²) in [6, 6.07) is 2.79. The highest BCUT2D eigenvalue weighted by atomic mass is 32.1. The summed E-state index contributed by atoms with van der Waals surface area (Å²) < 4.78 is 0. The number of amides is 2. The van der Waals surface area contributed by atoms with E-state index in [1.165, 1.54) is 17.4 Å². The van der Waals surface area contributed by atoms with Crippen molar-refractivity contribution in [2.75, 3.05) is 13.1 Å². The van der Waals surface area contributed by atoms with Gasteiger partial charge in [0.25, 0.3) is 0 Å². The molecule has 1 aliphatic heterocycles. The summed E-state index contributed by atoms with van der Waals surface area (Å²) in [6.45, 7) is 1.66. The number of carboxylic acid groups (broad SMARTS) is 1. The number of thiophene rings is 1. The molecule has 0 spiro atoms. The molecular weight excluding hydrogens is 280 g/mol. The molecule has 0 aliphatic carbocycles. The number of rotatable bonds is 3. The predicted molar refractivity (Wildman–Crippen MR) is 74.2 cm³/mol. The normalized spacial score (nSPS) is 19.1. The van der Waals surface area contributed by atoms with Crippen LogP contribution in [-0.2, 0) is 14.4 Å². The Hall–Kier alpha value is -2.15. The molecule has 2 N–H and O–H groups in total. The van der Waals surface area contributed by atoms with Gasteiger partial charge < -0.3 is 15.3 Å². The van der Waals surface area contributed by atoms with Crippen LogP contribution in [0.4, 0.5) is 0 Å². The van der Waals surface area contributed by atoms with Crippen LogP contribution < -0.4 is 5.32 Å². The second-order valence-corrected chi connectivity index (χ2v) is 5.73. The van der Waals surface area contributed by atoms with Gasteiger partial charge in [0.15, 0.2) is 0 Å². The minimum atomic E-state index is -1.13. The number of aryl methyl sites for hydroxylation is 1. The molecule has 20 heavy (non-hydrogen) atoms. The molecule has 2 amide bonds. The Morgan fingerprint density at radius 1 is 1.50 bits per heavy atom. The van der Waals surface area contributed by atoms with Gasteiger partial charge >= 0.3 is 5.97 Å². The summed E-state index contributed by atoms with van der Waals surface area (Å²) in [5.74, 6) is -1.95. The van der Waals surface area contributed by atoms with Gasteiger partial charge in [-0.15, -0.1) is 11.3 Å². The van der Waals surface area contributed by atoms with Crippen LogP contribution in [0, 0.1) is 6.92 Å². The van der Waals surface area contributed by atoms with E-state index >= 15 is 0 Å². The fourth-order valence-corrected chi connectivity index (χ4v) is 2.67. The van der Waals surface area contributed by atoms with Crippen molar-refractivity contribution >= 4 is 35.2 Å². The third-order valence-electron chi connectivity index (χ3n) is 2.90. The maximum atomic E-state index is 12.0. The third-order valence-corrected chi connectivity index (χ3v) is 3.87. The molecule has 1 aromatic heterocycles. The van der Waals surface area contributed by atoms with Crippen LogP contribution in [0.1, 0.15) is 9.75 Å². The van der Waals surface area contributed by atoms with Crippen molar-refractivity contribution in [3.8, 4) is 0 Å². The lowest BCUT2D eigenvalue weighted by molar-refractivity contribution is -0.152. The van der Waals surface area contributed by atoms with Crippen LogP contribution in [0.3, 0.4) is 0 Å². The number of hydrogen-bond donors (Lipinski definition) is 2. The minimum Gasteiger partial charge on any atom is -0.480 e. The van der Waals surface area contributed by atoms with Crippen molar-refractivity contribution in [1.82, 2.24) is 10.2 Å². The van der Waals surface area contributed by atoms with Gasteiger partial charge in [0, 0.05) is 22.4 Å². The Bertz CT molecular complexity index is 579. The van der Waals surface area contributed by atoms with Crippen molar-refractivity contribution in [3.05, 3.63) is 28.0 Å². The first kappa shape index (κ1) is 14.3. The van der Waals surface area contributed by atoms with Crippen molar-refractivity contribution in [2.45, 2.75) is 13.0 Å². The number of nitrogens with zero attached hydrogens (tertiary/aromatic N) is 1. The van der Waals surface area contributed by atoms with E-state index < -0.39 is 17.9 Å². The molecule has 0 aromatic carbocycles. The van der Waals surface area contributed by atoms with E-state index in [2.05, 4.69) is 5.32 Å². The molecule has 0 bridgehead atoms. The van der Waals surface area contributed by atoms with E-state index in [4.69, 9.17) is 5.11 Å². The Labute approximate surface area is 119 Å². The SMILES string of the molecule is Cc1ccc(/C=C/C(=O)N2CC(=O)NCC2C(=O)O)s1. The Morgan fingerprint density at radius 2 is 2.25 bits per heavy atom. The molecule has 1 aromatic rings. The highest BCUT2D eigenvalue weighted by molar-refractivity contribution is 7.12. The number of nitrogens with one attached hydrogen (secondary N) is 1. The van der Waals surface area contributed by atoms with Gasteiger partial charge in [-0.3, -0.25) is 9.59 Å². The second-order valence-electron chi connectivity index (χ2n) is 4.41. The molecule has 1 unspecified atom stereocenters. The molecule has 0 saturated carbocycles. The summed E-state index contributed by atoms with van der Waals surface area (Å²) in [5.41, 5.74) is 0. The lowest BCUT2D eigenvalue weighted by Gasteiger charge is -2.31. The fraction of sp³-hybridized carbons (Fsp3) is 0.308. The Morgan fingerprint density at radius 3 is 2.85 bits per heavy atom. The number of carboxylic acids is 1. The maximum absolute atomic E-state index is 12.0. The Kier molecular flexibility index (Phi) is 4.19. The quantitative estimate of drug-likeness (QED) is 0.794. The largest absolute Gasteiger partial charge is 0.480 e. The van der Waals surface area contributed by atoms with E-state index in [-0.39, 0.29) is 19.0 Å². The third kappa shape index (κ3) is 3.24. The molecule has 6 nitrogen and oxygen atoms in total. The average molecular weight is 294 g/mol. The zero-order chi connectivity index (χ0) is 14.7. The van der Waals surface area contributed by atoms with Gasteiger partial charge in [0.05, 0.1) is 0 Å². The standard InChI is InChI=1S/C13H14N2O4S/c1-8-2-3-9(20-8)4-5-12(17)15-7-11(16)14-6-10(15)13(18)19/h2-5,10H,6-7H2,1H3,(H,14,16)(H,18,19)/b5-4+. The summed E-state index contributed by atoms with van der Waals surface area (Å²) in [7, 11) is 0. The predicted octanol–water partition coefficient (Wildman–Crippen LogP) is 0.481. The molecular formula is C13H14N2O4S. The fourth-order valence-electron chi connectivity index (χ4n) is 1.89. The van der Waals surface area contributed by atoms with Crippen molar-refractivity contribution in [2.24, 2.45) is 0 Å². The zero-order valence-electron chi connectivity index (χ0n) is 10.8. The summed E-state index contributed by atoms with van der Waals surface area (Å²) in [6.07, 6.45) is 2.94. The first-order chi connectivity index (χ1) is 9.47. The van der Waals surface area contributed by atoms with Crippen molar-refractivity contribution in [1.29, 1.82) is 0 Å². The van der Waals surface area contributed by atoms with Crippen molar-refractivity contribution < 1.29 is 19.5 Å². The molecule has 1 fully saturated rings. The van der Waals surface area contributed by atoms with Gasteiger partial charge in [-0.05, 0) is 25.1 Å². The van der Waals surface area contributed by atoms with E-state index in [0.29, 0.717) is 0 Å². The number of carbonyl (C=O) groups excluding carboxylic acids is 2. The van der Waals surface area contributed by atoms with E-state index in [1.54, 1.807) is 6.08 Å².